The Kier molecular flexibility index (Phi) is 2.73. The number of imidazole rings is 1. The SMILES string of the molecule is Cc1ccc2cnc(CCN(C)C)n2c1. The first-order chi connectivity index (χ1) is 7.16. The first-order valence-corrected chi connectivity index (χ1v) is 5.24. The van der Waals surface area contributed by atoms with E-state index in [-0.39, 0.29) is 0 Å². The first kappa shape index (κ1) is 10.2. The summed E-state index contributed by atoms with van der Waals surface area (Å²) in [6, 6.07) is 4.23. The van der Waals surface area contributed by atoms with E-state index in [0.717, 1.165) is 18.8 Å². The summed E-state index contributed by atoms with van der Waals surface area (Å²) in [5.41, 5.74) is 2.45. The van der Waals surface area contributed by atoms with E-state index < -0.39 is 0 Å². The van der Waals surface area contributed by atoms with E-state index in [1.165, 1.54) is 11.1 Å². The Labute approximate surface area is 90.4 Å². The fourth-order valence-electron chi connectivity index (χ4n) is 1.66. The molecule has 0 radical (unpaired) electrons. The number of aromatic nitrogens is 2. The molecular weight excluding hydrogens is 186 g/mol. The van der Waals surface area contributed by atoms with E-state index in [1.807, 2.05) is 6.20 Å². The Balaban J connectivity index is 2.31. The van der Waals surface area contributed by atoms with Crippen molar-refractivity contribution >= 4 is 5.52 Å². The molecule has 0 spiro atoms. The van der Waals surface area contributed by atoms with Crippen LogP contribution >= 0.6 is 0 Å². The topological polar surface area (TPSA) is 20.5 Å². The maximum absolute atomic E-state index is 4.44. The standard InChI is InChI=1S/C12H17N3/c1-10-4-5-11-8-13-12(15(11)9-10)6-7-14(2)3/h4-5,8-9H,6-7H2,1-3H3. The molecule has 0 aliphatic heterocycles. The third-order valence-electron chi connectivity index (χ3n) is 2.53. The molecule has 2 aromatic heterocycles. The molecule has 80 valence electrons. The fraction of sp³-hybridized carbons (Fsp3) is 0.417. The molecule has 0 saturated carbocycles. The minimum atomic E-state index is 0.991. The molecule has 0 amide bonds. The van der Waals surface area contributed by atoms with Gasteiger partial charge in [-0.1, -0.05) is 6.07 Å². The van der Waals surface area contributed by atoms with Crippen LogP contribution in [0.15, 0.2) is 24.5 Å². The minimum absolute atomic E-state index is 0.991. The van der Waals surface area contributed by atoms with Crippen LogP contribution in [-0.2, 0) is 6.42 Å². The number of hydrogen-bond acceptors (Lipinski definition) is 2. The summed E-state index contributed by atoms with van der Waals surface area (Å²) in [6.45, 7) is 3.14. The van der Waals surface area contributed by atoms with Crippen LogP contribution in [0.2, 0.25) is 0 Å². The summed E-state index contributed by atoms with van der Waals surface area (Å²) in [5, 5.41) is 0. The van der Waals surface area contributed by atoms with Gasteiger partial charge in [0.1, 0.15) is 5.82 Å². The van der Waals surface area contributed by atoms with E-state index in [4.69, 9.17) is 0 Å². The van der Waals surface area contributed by atoms with Crippen molar-refractivity contribution in [3.63, 3.8) is 0 Å². The molecule has 3 nitrogen and oxygen atoms in total. The van der Waals surface area contributed by atoms with Crippen LogP contribution in [0.3, 0.4) is 0 Å². The molecule has 0 fully saturated rings. The Morgan fingerprint density at radius 1 is 1.33 bits per heavy atom. The Bertz CT molecular complexity index is 457. The smallest absolute Gasteiger partial charge is 0.114 e. The molecule has 0 aliphatic rings. The third-order valence-corrected chi connectivity index (χ3v) is 2.53. The Morgan fingerprint density at radius 3 is 2.87 bits per heavy atom. The lowest BCUT2D eigenvalue weighted by Gasteiger charge is -2.08. The summed E-state index contributed by atoms with van der Waals surface area (Å²) in [4.78, 5) is 6.62. The number of pyridine rings is 1. The zero-order valence-electron chi connectivity index (χ0n) is 9.57. The molecule has 0 aromatic carbocycles. The Hall–Kier alpha value is -1.35. The highest BCUT2D eigenvalue weighted by Gasteiger charge is 2.03. The highest BCUT2D eigenvalue weighted by atomic mass is 15.1. The molecule has 0 saturated heterocycles. The second-order valence-electron chi connectivity index (χ2n) is 4.23. The van der Waals surface area contributed by atoms with Crippen molar-refractivity contribution in [3.05, 3.63) is 35.9 Å². The number of hydrogen-bond donors (Lipinski definition) is 0. The van der Waals surface area contributed by atoms with Crippen LogP contribution in [-0.4, -0.2) is 34.9 Å². The van der Waals surface area contributed by atoms with Gasteiger partial charge in [0.05, 0.1) is 11.7 Å². The molecule has 2 aromatic rings. The van der Waals surface area contributed by atoms with Crippen molar-refractivity contribution in [2.75, 3.05) is 20.6 Å². The molecule has 2 heterocycles. The zero-order chi connectivity index (χ0) is 10.8. The molecule has 0 atom stereocenters. The second-order valence-corrected chi connectivity index (χ2v) is 4.23. The number of likely N-dealkylation sites (N-methyl/N-ethyl adjacent to an activating group) is 1. The lowest BCUT2D eigenvalue weighted by Crippen LogP contribution is -2.16. The van der Waals surface area contributed by atoms with Gasteiger partial charge in [-0.25, -0.2) is 4.98 Å². The van der Waals surface area contributed by atoms with Gasteiger partial charge in [0, 0.05) is 19.2 Å². The summed E-state index contributed by atoms with van der Waals surface area (Å²) >= 11 is 0. The minimum Gasteiger partial charge on any atom is -0.309 e. The summed E-state index contributed by atoms with van der Waals surface area (Å²) < 4.78 is 2.18. The average Bonchev–Trinajstić information content (AvgIpc) is 2.57. The highest BCUT2D eigenvalue weighted by molar-refractivity contribution is 5.46. The van der Waals surface area contributed by atoms with Crippen LogP contribution in [0.4, 0.5) is 0 Å². The van der Waals surface area contributed by atoms with Crippen molar-refractivity contribution in [1.82, 2.24) is 14.3 Å². The Morgan fingerprint density at radius 2 is 2.13 bits per heavy atom. The van der Waals surface area contributed by atoms with Crippen molar-refractivity contribution in [1.29, 1.82) is 0 Å². The predicted molar refractivity (Wildman–Crippen MR) is 62.2 cm³/mol. The lowest BCUT2D eigenvalue weighted by atomic mass is 10.3. The molecular formula is C12H17N3. The number of aryl methyl sites for hydroxylation is 1. The number of fused-ring (bicyclic) bond motifs is 1. The summed E-state index contributed by atoms with van der Waals surface area (Å²) in [7, 11) is 4.17. The van der Waals surface area contributed by atoms with Gasteiger partial charge in [-0.3, -0.25) is 0 Å². The van der Waals surface area contributed by atoms with E-state index in [9.17, 15) is 0 Å². The van der Waals surface area contributed by atoms with Gasteiger partial charge < -0.3 is 9.30 Å². The zero-order valence-corrected chi connectivity index (χ0v) is 9.57. The number of nitrogens with zero attached hydrogens (tertiary/aromatic N) is 3. The molecule has 2 rings (SSSR count). The van der Waals surface area contributed by atoms with Crippen molar-refractivity contribution in [2.24, 2.45) is 0 Å². The van der Waals surface area contributed by atoms with E-state index >= 15 is 0 Å². The second kappa shape index (κ2) is 4.03. The predicted octanol–water partition coefficient (Wildman–Crippen LogP) is 1.75. The average molecular weight is 203 g/mol. The van der Waals surface area contributed by atoms with Gasteiger partial charge in [-0.2, -0.15) is 0 Å². The molecule has 0 N–H and O–H groups in total. The van der Waals surface area contributed by atoms with E-state index in [0.29, 0.717) is 0 Å². The van der Waals surface area contributed by atoms with Crippen molar-refractivity contribution in [3.8, 4) is 0 Å². The van der Waals surface area contributed by atoms with Crippen molar-refractivity contribution < 1.29 is 0 Å². The van der Waals surface area contributed by atoms with Crippen LogP contribution in [0, 0.1) is 6.92 Å². The lowest BCUT2D eigenvalue weighted by molar-refractivity contribution is 0.409. The maximum Gasteiger partial charge on any atom is 0.114 e. The monoisotopic (exact) mass is 203 g/mol. The molecule has 0 aliphatic carbocycles. The third kappa shape index (κ3) is 2.18. The molecule has 3 heteroatoms. The number of rotatable bonds is 3. The normalized spacial score (nSPS) is 11.5. The van der Waals surface area contributed by atoms with Gasteiger partial charge in [0.15, 0.2) is 0 Å². The van der Waals surface area contributed by atoms with Gasteiger partial charge in [-0.15, -0.1) is 0 Å². The van der Waals surface area contributed by atoms with Crippen LogP contribution in [0.25, 0.3) is 5.52 Å². The van der Waals surface area contributed by atoms with Gasteiger partial charge in [-0.05, 0) is 32.6 Å². The summed E-state index contributed by atoms with van der Waals surface area (Å²) in [6.07, 6.45) is 5.07. The first-order valence-electron chi connectivity index (χ1n) is 5.24. The molecule has 0 bridgehead atoms. The van der Waals surface area contributed by atoms with E-state index in [1.54, 1.807) is 0 Å². The van der Waals surface area contributed by atoms with Crippen molar-refractivity contribution in [2.45, 2.75) is 13.3 Å². The van der Waals surface area contributed by atoms with Crippen LogP contribution < -0.4 is 0 Å². The highest BCUT2D eigenvalue weighted by Crippen LogP contribution is 2.09. The van der Waals surface area contributed by atoms with Crippen LogP contribution in [0.1, 0.15) is 11.4 Å². The van der Waals surface area contributed by atoms with Gasteiger partial charge in [0.2, 0.25) is 0 Å². The van der Waals surface area contributed by atoms with E-state index in [2.05, 4.69) is 53.6 Å². The maximum atomic E-state index is 4.44. The van der Waals surface area contributed by atoms with Gasteiger partial charge in [0.25, 0.3) is 0 Å². The van der Waals surface area contributed by atoms with Gasteiger partial charge >= 0.3 is 0 Å². The quantitative estimate of drug-likeness (QED) is 0.757. The summed E-state index contributed by atoms with van der Waals surface area (Å²) in [5.74, 6) is 1.14. The molecule has 15 heavy (non-hydrogen) atoms. The fourth-order valence-corrected chi connectivity index (χ4v) is 1.66. The van der Waals surface area contributed by atoms with Crippen LogP contribution in [0.5, 0.6) is 0 Å². The molecule has 0 unspecified atom stereocenters. The largest absolute Gasteiger partial charge is 0.309 e.